The molecule has 1 aliphatic heterocycles. The van der Waals surface area contributed by atoms with E-state index in [1.54, 1.807) is 6.20 Å². The van der Waals surface area contributed by atoms with Crippen LogP contribution in [0.25, 0.3) is 11.4 Å². The minimum atomic E-state index is 0.946. The quantitative estimate of drug-likeness (QED) is 0.740. The van der Waals surface area contributed by atoms with Gasteiger partial charge in [-0.15, -0.1) is 0 Å². The SMILES string of the molecule is c1cc2c(c(-c3ncc[nH]3)c1)NCCC2. The highest BCUT2D eigenvalue weighted by atomic mass is 14.9. The van der Waals surface area contributed by atoms with Gasteiger partial charge in [0.1, 0.15) is 5.82 Å². The van der Waals surface area contributed by atoms with Crippen molar-refractivity contribution in [2.45, 2.75) is 12.8 Å². The molecular weight excluding hydrogens is 186 g/mol. The number of hydrogen-bond acceptors (Lipinski definition) is 2. The molecule has 76 valence electrons. The van der Waals surface area contributed by atoms with Gasteiger partial charge in [-0.3, -0.25) is 0 Å². The summed E-state index contributed by atoms with van der Waals surface area (Å²) in [5, 5.41) is 3.46. The first-order valence-corrected chi connectivity index (χ1v) is 5.30. The van der Waals surface area contributed by atoms with Crippen LogP contribution in [-0.2, 0) is 6.42 Å². The van der Waals surface area contributed by atoms with Crippen LogP contribution in [0.15, 0.2) is 30.6 Å². The highest BCUT2D eigenvalue weighted by Crippen LogP contribution is 2.31. The average molecular weight is 199 g/mol. The van der Waals surface area contributed by atoms with Gasteiger partial charge < -0.3 is 10.3 Å². The first kappa shape index (κ1) is 8.53. The van der Waals surface area contributed by atoms with Gasteiger partial charge in [-0.2, -0.15) is 0 Å². The van der Waals surface area contributed by atoms with E-state index in [9.17, 15) is 0 Å². The molecule has 0 saturated heterocycles. The van der Waals surface area contributed by atoms with Gasteiger partial charge in [-0.05, 0) is 24.5 Å². The number of rotatable bonds is 1. The van der Waals surface area contributed by atoms with Gasteiger partial charge in [0, 0.05) is 30.2 Å². The molecule has 2 heterocycles. The van der Waals surface area contributed by atoms with E-state index in [2.05, 4.69) is 33.5 Å². The van der Waals surface area contributed by atoms with E-state index in [1.165, 1.54) is 23.2 Å². The summed E-state index contributed by atoms with van der Waals surface area (Å²) in [5.41, 5.74) is 3.83. The summed E-state index contributed by atoms with van der Waals surface area (Å²) in [6.45, 7) is 1.06. The van der Waals surface area contributed by atoms with E-state index in [0.29, 0.717) is 0 Å². The summed E-state index contributed by atoms with van der Waals surface area (Å²) >= 11 is 0. The van der Waals surface area contributed by atoms with Crippen molar-refractivity contribution in [3.8, 4) is 11.4 Å². The molecule has 1 aliphatic rings. The van der Waals surface area contributed by atoms with E-state index >= 15 is 0 Å². The fourth-order valence-corrected chi connectivity index (χ4v) is 2.12. The Morgan fingerprint density at radius 2 is 2.27 bits per heavy atom. The van der Waals surface area contributed by atoms with E-state index in [1.807, 2.05) is 6.20 Å². The second-order valence-corrected chi connectivity index (χ2v) is 3.81. The number of hydrogen-bond donors (Lipinski definition) is 2. The maximum atomic E-state index is 4.30. The lowest BCUT2D eigenvalue weighted by atomic mass is 9.99. The molecular formula is C12H13N3. The minimum absolute atomic E-state index is 0.946. The summed E-state index contributed by atoms with van der Waals surface area (Å²) in [6.07, 6.45) is 6.03. The zero-order chi connectivity index (χ0) is 10.1. The number of anilines is 1. The molecule has 0 aliphatic carbocycles. The number of imidazole rings is 1. The Morgan fingerprint density at radius 1 is 1.27 bits per heavy atom. The minimum Gasteiger partial charge on any atom is -0.384 e. The molecule has 0 saturated carbocycles. The smallest absolute Gasteiger partial charge is 0.139 e. The zero-order valence-corrected chi connectivity index (χ0v) is 8.46. The molecule has 0 bridgehead atoms. The van der Waals surface area contributed by atoms with E-state index in [0.717, 1.165) is 18.8 Å². The fourth-order valence-electron chi connectivity index (χ4n) is 2.12. The van der Waals surface area contributed by atoms with E-state index in [4.69, 9.17) is 0 Å². The van der Waals surface area contributed by atoms with Crippen molar-refractivity contribution in [1.82, 2.24) is 9.97 Å². The Morgan fingerprint density at radius 3 is 3.13 bits per heavy atom. The fraction of sp³-hybridized carbons (Fsp3) is 0.250. The zero-order valence-electron chi connectivity index (χ0n) is 8.46. The van der Waals surface area contributed by atoms with Crippen LogP contribution in [-0.4, -0.2) is 16.5 Å². The number of aromatic nitrogens is 2. The lowest BCUT2D eigenvalue weighted by Gasteiger charge is -2.20. The Hall–Kier alpha value is -1.77. The number of benzene rings is 1. The van der Waals surface area contributed by atoms with Crippen LogP contribution in [0.4, 0.5) is 5.69 Å². The highest BCUT2D eigenvalue weighted by Gasteiger charge is 2.14. The van der Waals surface area contributed by atoms with Gasteiger partial charge in [0.15, 0.2) is 0 Å². The number of fused-ring (bicyclic) bond motifs is 1. The highest BCUT2D eigenvalue weighted by molar-refractivity contribution is 5.77. The summed E-state index contributed by atoms with van der Waals surface area (Å²) in [6, 6.07) is 6.40. The number of nitrogens with one attached hydrogen (secondary N) is 2. The standard InChI is InChI=1S/C12H13N3/c1-3-9-4-2-6-13-11(9)10(5-1)12-14-7-8-15-12/h1,3,5,7-8,13H,2,4,6H2,(H,14,15). The molecule has 0 amide bonds. The van der Waals surface area contributed by atoms with Crippen molar-refractivity contribution in [3.63, 3.8) is 0 Å². The van der Waals surface area contributed by atoms with Crippen LogP contribution in [0.5, 0.6) is 0 Å². The van der Waals surface area contributed by atoms with Crippen LogP contribution in [0.3, 0.4) is 0 Å². The third-order valence-electron chi connectivity index (χ3n) is 2.83. The van der Waals surface area contributed by atoms with E-state index < -0.39 is 0 Å². The molecule has 2 N–H and O–H groups in total. The molecule has 2 aromatic rings. The first-order chi connectivity index (χ1) is 7.45. The monoisotopic (exact) mass is 199 g/mol. The van der Waals surface area contributed by atoms with Gasteiger partial charge in [0.05, 0.1) is 0 Å². The Kier molecular flexibility index (Phi) is 1.95. The predicted octanol–water partition coefficient (Wildman–Crippen LogP) is 2.43. The van der Waals surface area contributed by atoms with Gasteiger partial charge in [0.25, 0.3) is 0 Å². The summed E-state index contributed by atoms with van der Waals surface area (Å²) in [5.74, 6) is 0.946. The third kappa shape index (κ3) is 1.40. The lowest BCUT2D eigenvalue weighted by molar-refractivity contribution is 0.830. The molecule has 15 heavy (non-hydrogen) atoms. The van der Waals surface area contributed by atoms with Gasteiger partial charge >= 0.3 is 0 Å². The Balaban J connectivity index is 2.15. The molecule has 1 aromatic carbocycles. The topological polar surface area (TPSA) is 40.7 Å². The summed E-state index contributed by atoms with van der Waals surface area (Å²) in [4.78, 5) is 7.45. The number of para-hydroxylation sites is 1. The normalized spacial score (nSPS) is 14.4. The Bertz CT molecular complexity index is 460. The van der Waals surface area contributed by atoms with Crippen LogP contribution in [0.2, 0.25) is 0 Å². The largest absolute Gasteiger partial charge is 0.384 e. The number of H-pyrrole nitrogens is 1. The van der Waals surface area contributed by atoms with Crippen LogP contribution < -0.4 is 5.32 Å². The molecule has 0 radical (unpaired) electrons. The Labute approximate surface area is 88.6 Å². The molecule has 0 spiro atoms. The van der Waals surface area contributed by atoms with Crippen molar-refractivity contribution < 1.29 is 0 Å². The van der Waals surface area contributed by atoms with Crippen molar-refractivity contribution >= 4 is 5.69 Å². The molecule has 0 fully saturated rings. The summed E-state index contributed by atoms with van der Waals surface area (Å²) in [7, 11) is 0. The van der Waals surface area contributed by atoms with Crippen LogP contribution in [0.1, 0.15) is 12.0 Å². The first-order valence-electron chi connectivity index (χ1n) is 5.30. The van der Waals surface area contributed by atoms with Gasteiger partial charge in [-0.1, -0.05) is 12.1 Å². The van der Waals surface area contributed by atoms with Crippen molar-refractivity contribution in [1.29, 1.82) is 0 Å². The lowest BCUT2D eigenvalue weighted by Crippen LogP contribution is -2.12. The third-order valence-corrected chi connectivity index (χ3v) is 2.83. The van der Waals surface area contributed by atoms with Crippen molar-refractivity contribution in [2.75, 3.05) is 11.9 Å². The van der Waals surface area contributed by atoms with Gasteiger partial charge in [0.2, 0.25) is 0 Å². The number of aromatic amines is 1. The predicted molar refractivity (Wildman–Crippen MR) is 60.8 cm³/mol. The van der Waals surface area contributed by atoms with Crippen LogP contribution >= 0.6 is 0 Å². The van der Waals surface area contributed by atoms with Crippen LogP contribution in [0, 0.1) is 0 Å². The maximum Gasteiger partial charge on any atom is 0.139 e. The molecule has 1 aromatic heterocycles. The second kappa shape index (κ2) is 3.42. The average Bonchev–Trinajstić information content (AvgIpc) is 2.82. The van der Waals surface area contributed by atoms with Crippen molar-refractivity contribution in [3.05, 3.63) is 36.2 Å². The molecule has 3 rings (SSSR count). The molecule has 3 nitrogen and oxygen atoms in total. The molecule has 0 unspecified atom stereocenters. The second-order valence-electron chi connectivity index (χ2n) is 3.81. The number of nitrogens with zero attached hydrogens (tertiary/aromatic N) is 1. The van der Waals surface area contributed by atoms with E-state index in [-0.39, 0.29) is 0 Å². The molecule has 0 atom stereocenters. The number of aryl methyl sites for hydroxylation is 1. The van der Waals surface area contributed by atoms with Gasteiger partial charge in [-0.25, -0.2) is 4.98 Å². The molecule has 3 heteroatoms. The summed E-state index contributed by atoms with van der Waals surface area (Å²) < 4.78 is 0. The van der Waals surface area contributed by atoms with Crippen molar-refractivity contribution in [2.24, 2.45) is 0 Å². The maximum absolute atomic E-state index is 4.30.